The van der Waals surface area contributed by atoms with E-state index in [1.165, 1.54) is 12.0 Å². The summed E-state index contributed by atoms with van der Waals surface area (Å²) in [4.78, 5) is 6.84. The lowest BCUT2D eigenvalue weighted by Gasteiger charge is -2.18. The first kappa shape index (κ1) is 15.3. The minimum Gasteiger partial charge on any atom is -0.356 e. The number of nitrogens with one attached hydrogen (secondary N) is 1. The van der Waals surface area contributed by atoms with Crippen LogP contribution in [0.3, 0.4) is 0 Å². The number of rotatable bonds is 4. The largest absolute Gasteiger partial charge is 0.356 e. The van der Waals surface area contributed by atoms with Gasteiger partial charge in [-0.1, -0.05) is 54.6 Å². The van der Waals surface area contributed by atoms with Gasteiger partial charge in [-0.25, -0.2) is 4.99 Å². The number of guanidine groups is 1. The summed E-state index contributed by atoms with van der Waals surface area (Å²) in [5.41, 5.74) is 4.40. The highest BCUT2D eigenvalue weighted by Gasteiger charge is 2.54. The highest BCUT2D eigenvalue weighted by atomic mass is 15.3. The summed E-state index contributed by atoms with van der Waals surface area (Å²) in [5, 5.41) is 3.59. The van der Waals surface area contributed by atoms with E-state index in [1.807, 2.05) is 6.07 Å². The van der Waals surface area contributed by atoms with Gasteiger partial charge in [0.25, 0.3) is 0 Å². The van der Waals surface area contributed by atoms with Gasteiger partial charge < -0.3 is 10.2 Å². The third kappa shape index (κ3) is 2.91. The van der Waals surface area contributed by atoms with Crippen molar-refractivity contribution in [3.8, 4) is 0 Å². The molecule has 1 N–H and O–H groups in total. The average molecular weight is 319 g/mol. The highest BCUT2D eigenvalue weighted by Crippen LogP contribution is 2.60. The Morgan fingerprint density at radius 3 is 2.62 bits per heavy atom. The van der Waals surface area contributed by atoms with Crippen molar-refractivity contribution < 1.29 is 0 Å². The third-order valence-electron chi connectivity index (χ3n) is 5.38. The van der Waals surface area contributed by atoms with E-state index >= 15 is 0 Å². The van der Waals surface area contributed by atoms with Crippen LogP contribution in [-0.4, -0.2) is 31.5 Å². The smallest absolute Gasteiger partial charge is 0.193 e. The molecule has 2 aliphatic rings. The fourth-order valence-corrected chi connectivity index (χ4v) is 4.08. The average Bonchev–Trinajstić information content (AvgIpc) is 3.13. The summed E-state index contributed by atoms with van der Waals surface area (Å²) in [6.45, 7) is 1.75. The zero-order valence-corrected chi connectivity index (χ0v) is 14.4. The SMILES string of the molecule is CN(C)C(=NCc1ccccc1)NCC1C2Cc3ccccc3C12. The predicted octanol–water partition coefficient (Wildman–Crippen LogP) is 3.28. The minimum atomic E-state index is 0.724. The normalized spacial score (nSPS) is 24.2. The van der Waals surface area contributed by atoms with Crippen molar-refractivity contribution in [2.24, 2.45) is 16.8 Å². The van der Waals surface area contributed by atoms with Crippen molar-refractivity contribution in [1.82, 2.24) is 10.2 Å². The standard InChI is InChI=1S/C21H25N3/c1-24(2)21(22-13-15-8-4-3-5-9-15)23-14-19-18-12-16-10-6-7-11-17(16)20(18)19/h3-11,18-20H,12-14H2,1-2H3,(H,22,23). The molecule has 2 aliphatic carbocycles. The van der Waals surface area contributed by atoms with Gasteiger partial charge in [-0.3, -0.25) is 0 Å². The van der Waals surface area contributed by atoms with Crippen molar-refractivity contribution >= 4 is 5.96 Å². The molecule has 0 saturated heterocycles. The lowest BCUT2D eigenvalue weighted by Crippen LogP contribution is -2.38. The summed E-state index contributed by atoms with van der Waals surface area (Å²) in [6.07, 6.45) is 1.26. The summed E-state index contributed by atoms with van der Waals surface area (Å²) in [6, 6.07) is 19.4. The van der Waals surface area contributed by atoms with Crippen LogP contribution in [0.15, 0.2) is 59.6 Å². The maximum absolute atomic E-state index is 4.76. The molecule has 0 aliphatic heterocycles. The molecular weight excluding hydrogens is 294 g/mol. The summed E-state index contributed by atoms with van der Waals surface area (Å²) < 4.78 is 0. The van der Waals surface area contributed by atoms with Gasteiger partial charge >= 0.3 is 0 Å². The Morgan fingerprint density at radius 1 is 1.08 bits per heavy atom. The van der Waals surface area contributed by atoms with Crippen molar-refractivity contribution in [3.63, 3.8) is 0 Å². The molecule has 3 atom stereocenters. The molecular formula is C21H25N3. The van der Waals surface area contributed by atoms with Gasteiger partial charge in [0.1, 0.15) is 0 Å². The first-order chi connectivity index (χ1) is 11.7. The molecule has 3 nitrogen and oxygen atoms in total. The van der Waals surface area contributed by atoms with E-state index < -0.39 is 0 Å². The van der Waals surface area contributed by atoms with Gasteiger partial charge in [-0.15, -0.1) is 0 Å². The Hall–Kier alpha value is -2.29. The van der Waals surface area contributed by atoms with Crippen LogP contribution in [0.5, 0.6) is 0 Å². The number of nitrogens with zero attached hydrogens (tertiary/aromatic N) is 2. The highest BCUT2D eigenvalue weighted by molar-refractivity contribution is 5.79. The van der Waals surface area contributed by atoms with E-state index in [0.29, 0.717) is 0 Å². The fourth-order valence-electron chi connectivity index (χ4n) is 4.08. The van der Waals surface area contributed by atoms with Gasteiger partial charge in [-0.2, -0.15) is 0 Å². The zero-order valence-electron chi connectivity index (χ0n) is 14.4. The number of fused-ring (bicyclic) bond motifs is 3. The monoisotopic (exact) mass is 319 g/mol. The second-order valence-corrected chi connectivity index (χ2v) is 7.16. The Morgan fingerprint density at radius 2 is 1.83 bits per heavy atom. The molecule has 0 bridgehead atoms. The number of aliphatic imine (C=N–C) groups is 1. The van der Waals surface area contributed by atoms with Crippen molar-refractivity contribution in [2.45, 2.75) is 18.9 Å². The maximum atomic E-state index is 4.76. The zero-order chi connectivity index (χ0) is 16.5. The molecule has 3 unspecified atom stereocenters. The van der Waals surface area contributed by atoms with Crippen LogP contribution in [0, 0.1) is 11.8 Å². The van der Waals surface area contributed by atoms with Crippen molar-refractivity contribution in [2.75, 3.05) is 20.6 Å². The first-order valence-electron chi connectivity index (χ1n) is 8.81. The van der Waals surface area contributed by atoms with Crippen molar-refractivity contribution in [1.29, 1.82) is 0 Å². The Labute approximate surface area is 144 Å². The molecule has 24 heavy (non-hydrogen) atoms. The van der Waals surface area contributed by atoms with Crippen LogP contribution < -0.4 is 5.32 Å². The van der Waals surface area contributed by atoms with Crippen LogP contribution in [0.4, 0.5) is 0 Å². The van der Waals surface area contributed by atoms with Gasteiger partial charge in [0.05, 0.1) is 6.54 Å². The van der Waals surface area contributed by atoms with Gasteiger partial charge in [-0.05, 0) is 40.9 Å². The van der Waals surface area contributed by atoms with E-state index in [0.717, 1.165) is 36.8 Å². The summed E-state index contributed by atoms with van der Waals surface area (Å²) in [5.74, 6) is 3.36. The predicted molar refractivity (Wildman–Crippen MR) is 99.1 cm³/mol. The maximum Gasteiger partial charge on any atom is 0.193 e. The molecule has 0 radical (unpaired) electrons. The molecule has 0 amide bonds. The summed E-state index contributed by atoms with van der Waals surface area (Å²) in [7, 11) is 4.11. The van der Waals surface area contributed by atoms with Gasteiger partial charge in [0.2, 0.25) is 0 Å². The Balaban J connectivity index is 1.36. The molecule has 3 heteroatoms. The van der Waals surface area contributed by atoms with E-state index in [1.54, 1.807) is 11.1 Å². The molecule has 0 aromatic heterocycles. The van der Waals surface area contributed by atoms with Crippen LogP contribution >= 0.6 is 0 Å². The molecule has 1 fully saturated rings. The van der Waals surface area contributed by atoms with Crippen LogP contribution in [0.25, 0.3) is 0 Å². The van der Waals surface area contributed by atoms with Crippen LogP contribution in [0.2, 0.25) is 0 Å². The lowest BCUT2D eigenvalue weighted by molar-refractivity contribution is 0.561. The molecule has 2 aromatic rings. The van der Waals surface area contributed by atoms with Crippen LogP contribution in [-0.2, 0) is 13.0 Å². The minimum absolute atomic E-state index is 0.724. The van der Waals surface area contributed by atoms with E-state index in [2.05, 4.69) is 72.8 Å². The molecule has 1 saturated carbocycles. The lowest BCUT2D eigenvalue weighted by atomic mass is 10.0. The Bertz CT molecular complexity index is 736. The quantitative estimate of drug-likeness (QED) is 0.692. The first-order valence-corrected chi connectivity index (χ1v) is 8.81. The molecule has 0 heterocycles. The van der Waals surface area contributed by atoms with E-state index in [9.17, 15) is 0 Å². The molecule has 2 aromatic carbocycles. The van der Waals surface area contributed by atoms with Gasteiger partial charge in [0, 0.05) is 20.6 Å². The number of hydrogen-bond donors (Lipinski definition) is 1. The number of benzene rings is 2. The topological polar surface area (TPSA) is 27.6 Å². The molecule has 0 spiro atoms. The van der Waals surface area contributed by atoms with Gasteiger partial charge in [0.15, 0.2) is 5.96 Å². The van der Waals surface area contributed by atoms with E-state index in [4.69, 9.17) is 4.99 Å². The Kier molecular flexibility index (Phi) is 4.01. The van der Waals surface area contributed by atoms with Crippen molar-refractivity contribution in [3.05, 3.63) is 71.3 Å². The second kappa shape index (κ2) is 6.31. The summed E-state index contributed by atoms with van der Waals surface area (Å²) >= 11 is 0. The third-order valence-corrected chi connectivity index (χ3v) is 5.38. The second-order valence-electron chi connectivity index (χ2n) is 7.16. The van der Waals surface area contributed by atoms with Crippen LogP contribution in [0.1, 0.15) is 22.6 Å². The van der Waals surface area contributed by atoms with E-state index in [-0.39, 0.29) is 0 Å². The molecule has 124 valence electrons. The number of hydrogen-bond acceptors (Lipinski definition) is 1. The molecule has 4 rings (SSSR count). The fraction of sp³-hybridized carbons (Fsp3) is 0.381.